The number of rotatable bonds is 5. The first-order chi connectivity index (χ1) is 14.5. The van der Waals surface area contributed by atoms with Gasteiger partial charge in [-0.15, -0.1) is 0 Å². The van der Waals surface area contributed by atoms with Gasteiger partial charge in [-0.1, -0.05) is 36.4 Å². The van der Waals surface area contributed by atoms with Crippen molar-refractivity contribution in [1.82, 2.24) is 9.88 Å². The molecule has 1 atom stereocenters. The third-order valence-electron chi connectivity index (χ3n) is 5.57. The van der Waals surface area contributed by atoms with Gasteiger partial charge in [-0.05, 0) is 60.7 Å². The number of hydrogen-bond donors (Lipinski definition) is 0. The molecule has 4 nitrogen and oxygen atoms in total. The van der Waals surface area contributed by atoms with E-state index in [0.29, 0.717) is 12.1 Å². The van der Waals surface area contributed by atoms with Gasteiger partial charge >= 0.3 is 0 Å². The van der Waals surface area contributed by atoms with E-state index in [2.05, 4.69) is 24.3 Å². The van der Waals surface area contributed by atoms with Crippen molar-refractivity contribution in [2.45, 2.75) is 32.2 Å². The fourth-order valence-corrected chi connectivity index (χ4v) is 4.13. The Morgan fingerprint density at radius 3 is 2.67 bits per heavy atom. The highest BCUT2D eigenvalue weighted by atomic mass is 19.1. The molecule has 0 aliphatic carbocycles. The van der Waals surface area contributed by atoms with Crippen molar-refractivity contribution in [3.63, 3.8) is 0 Å². The maximum absolute atomic E-state index is 14.0. The number of nitrogens with zero attached hydrogens (tertiary/aromatic N) is 2. The molecule has 1 fully saturated rings. The van der Waals surface area contributed by atoms with Crippen molar-refractivity contribution < 1.29 is 13.9 Å². The molecule has 1 aliphatic rings. The summed E-state index contributed by atoms with van der Waals surface area (Å²) >= 11 is 0. The fourth-order valence-electron chi connectivity index (χ4n) is 4.13. The maximum Gasteiger partial charge on any atom is 0.227 e. The van der Waals surface area contributed by atoms with Crippen LogP contribution in [0, 0.1) is 12.7 Å². The van der Waals surface area contributed by atoms with Gasteiger partial charge in [0.25, 0.3) is 0 Å². The zero-order valence-corrected chi connectivity index (χ0v) is 17.3. The number of ether oxygens (including phenoxy) is 1. The minimum absolute atomic E-state index is 0.00775. The average Bonchev–Trinajstić information content (AvgIpc) is 3.24. The van der Waals surface area contributed by atoms with E-state index in [4.69, 9.17) is 9.72 Å². The summed E-state index contributed by atoms with van der Waals surface area (Å²) in [6, 6.07) is 19.0. The molecule has 3 aromatic rings. The Hall–Kier alpha value is -3.21. The topological polar surface area (TPSA) is 42.4 Å². The van der Waals surface area contributed by atoms with E-state index in [0.717, 1.165) is 35.4 Å². The zero-order chi connectivity index (χ0) is 21.1. The van der Waals surface area contributed by atoms with Gasteiger partial charge in [-0.25, -0.2) is 4.39 Å². The van der Waals surface area contributed by atoms with Crippen molar-refractivity contribution in [1.29, 1.82) is 0 Å². The molecule has 0 N–H and O–H groups in total. The Kier molecular flexibility index (Phi) is 5.79. The lowest BCUT2D eigenvalue weighted by molar-refractivity contribution is -0.131. The van der Waals surface area contributed by atoms with Gasteiger partial charge in [0.05, 0.1) is 25.3 Å². The quantitative estimate of drug-likeness (QED) is 0.593. The number of methoxy groups -OCH3 is 1. The van der Waals surface area contributed by atoms with Crippen LogP contribution in [0.4, 0.5) is 4.39 Å². The van der Waals surface area contributed by atoms with E-state index in [-0.39, 0.29) is 24.1 Å². The number of aromatic nitrogens is 1. The van der Waals surface area contributed by atoms with Gasteiger partial charge in [0, 0.05) is 12.2 Å². The second-order valence-electron chi connectivity index (χ2n) is 7.68. The standard InChI is InChI=1S/C25H25FN2O2/c1-17-13-20(19-7-4-3-5-8-19)16-22(27-17)23-9-6-12-28(23)25(29)15-18-10-11-24(30-2)21(26)14-18/h3-5,7-8,10-11,13-14,16,23H,6,9,12,15H2,1-2H3/t23-/m0/s1. The molecule has 4 rings (SSSR count). The van der Waals surface area contributed by atoms with Crippen LogP contribution in [0.2, 0.25) is 0 Å². The molecule has 1 saturated heterocycles. The van der Waals surface area contributed by atoms with Crippen LogP contribution in [0.3, 0.4) is 0 Å². The summed E-state index contributed by atoms with van der Waals surface area (Å²) in [7, 11) is 1.43. The number of hydrogen-bond acceptors (Lipinski definition) is 3. The van der Waals surface area contributed by atoms with Crippen LogP contribution in [0.15, 0.2) is 60.7 Å². The molecule has 1 aliphatic heterocycles. The first-order valence-corrected chi connectivity index (χ1v) is 10.2. The molecule has 5 heteroatoms. The Balaban J connectivity index is 1.57. The summed E-state index contributed by atoms with van der Waals surface area (Å²) in [5.41, 5.74) is 4.73. The van der Waals surface area contributed by atoms with Gasteiger partial charge in [0.1, 0.15) is 0 Å². The van der Waals surface area contributed by atoms with Crippen molar-refractivity contribution in [2.75, 3.05) is 13.7 Å². The Bertz CT molecular complexity index is 1050. The molecule has 0 saturated carbocycles. The normalized spacial score (nSPS) is 16.0. The summed E-state index contributed by atoms with van der Waals surface area (Å²) in [6.07, 6.45) is 1.98. The molecular formula is C25H25FN2O2. The van der Waals surface area contributed by atoms with Crippen LogP contribution in [-0.4, -0.2) is 29.4 Å². The fraction of sp³-hybridized carbons (Fsp3) is 0.280. The van der Waals surface area contributed by atoms with Gasteiger partial charge < -0.3 is 9.64 Å². The lowest BCUT2D eigenvalue weighted by Crippen LogP contribution is -2.32. The molecule has 0 unspecified atom stereocenters. The largest absolute Gasteiger partial charge is 0.494 e. The van der Waals surface area contributed by atoms with Crippen molar-refractivity contribution in [2.24, 2.45) is 0 Å². The lowest BCUT2D eigenvalue weighted by Gasteiger charge is -2.25. The maximum atomic E-state index is 14.0. The predicted octanol–water partition coefficient (Wildman–Crippen LogP) is 5.11. The summed E-state index contributed by atoms with van der Waals surface area (Å²) in [5, 5.41) is 0. The van der Waals surface area contributed by atoms with E-state index < -0.39 is 5.82 Å². The second-order valence-corrected chi connectivity index (χ2v) is 7.68. The Labute approximate surface area is 176 Å². The van der Waals surface area contributed by atoms with Crippen LogP contribution in [0.1, 0.15) is 35.8 Å². The van der Waals surface area contributed by atoms with Crippen molar-refractivity contribution >= 4 is 5.91 Å². The average molecular weight is 404 g/mol. The number of pyridine rings is 1. The van der Waals surface area contributed by atoms with Crippen LogP contribution in [0.25, 0.3) is 11.1 Å². The van der Waals surface area contributed by atoms with Crippen molar-refractivity contribution in [3.8, 4) is 16.9 Å². The number of carbonyl (C=O) groups excluding carboxylic acids is 1. The number of halogens is 1. The highest BCUT2D eigenvalue weighted by Crippen LogP contribution is 2.34. The van der Waals surface area contributed by atoms with Gasteiger partial charge in [0.2, 0.25) is 5.91 Å². The smallest absolute Gasteiger partial charge is 0.227 e. The molecule has 30 heavy (non-hydrogen) atoms. The second kappa shape index (κ2) is 8.66. The molecule has 0 radical (unpaired) electrons. The predicted molar refractivity (Wildman–Crippen MR) is 115 cm³/mol. The number of likely N-dealkylation sites (tertiary alicyclic amines) is 1. The van der Waals surface area contributed by atoms with Crippen molar-refractivity contribution in [3.05, 3.63) is 83.4 Å². The minimum atomic E-state index is -0.450. The Morgan fingerprint density at radius 1 is 1.13 bits per heavy atom. The number of aryl methyl sites for hydroxylation is 1. The van der Waals surface area contributed by atoms with Crippen LogP contribution < -0.4 is 4.74 Å². The van der Waals surface area contributed by atoms with E-state index >= 15 is 0 Å². The first-order valence-electron chi connectivity index (χ1n) is 10.2. The van der Waals surface area contributed by atoms with Gasteiger partial charge in [-0.3, -0.25) is 9.78 Å². The molecular weight excluding hydrogens is 379 g/mol. The summed E-state index contributed by atoms with van der Waals surface area (Å²) in [5.74, 6) is -0.275. The minimum Gasteiger partial charge on any atom is -0.494 e. The highest BCUT2D eigenvalue weighted by molar-refractivity contribution is 5.79. The van der Waals surface area contributed by atoms with Gasteiger partial charge in [-0.2, -0.15) is 0 Å². The monoisotopic (exact) mass is 404 g/mol. The third kappa shape index (κ3) is 4.20. The molecule has 154 valence electrons. The van der Waals surface area contributed by atoms with Crippen LogP contribution >= 0.6 is 0 Å². The SMILES string of the molecule is COc1ccc(CC(=O)N2CCC[C@H]2c2cc(-c3ccccc3)cc(C)n2)cc1F. The number of carbonyl (C=O) groups is 1. The van der Waals surface area contributed by atoms with E-state index in [1.165, 1.54) is 13.2 Å². The van der Waals surface area contributed by atoms with E-state index in [1.807, 2.05) is 30.0 Å². The third-order valence-corrected chi connectivity index (χ3v) is 5.57. The van der Waals surface area contributed by atoms with E-state index in [9.17, 15) is 9.18 Å². The molecule has 1 amide bonds. The first kappa shape index (κ1) is 20.1. The molecule has 2 aromatic carbocycles. The van der Waals surface area contributed by atoms with Crippen LogP contribution in [-0.2, 0) is 11.2 Å². The summed E-state index contributed by atoms with van der Waals surface area (Å²) in [6.45, 7) is 2.68. The van der Waals surface area contributed by atoms with Gasteiger partial charge in [0.15, 0.2) is 11.6 Å². The highest BCUT2D eigenvalue weighted by Gasteiger charge is 2.31. The molecule has 1 aromatic heterocycles. The number of benzene rings is 2. The molecule has 0 spiro atoms. The summed E-state index contributed by atoms with van der Waals surface area (Å²) < 4.78 is 19.0. The molecule has 2 heterocycles. The number of amides is 1. The van der Waals surface area contributed by atoms with E-state index in [1.54, 1.807) is 12.1 Å². The van der Waals surface area contributed by atoms with Crippen LogP contribution in [0.5, 0.6) is 5.75 Å². The zero-order valence-electron chi connectivity index (χ0n) is 17.3. The Morgan fingerprint density at radius 2 is 1.93 bits per heavy atom. The summed E-state index contributed by atoms with van der Waals surface area (Å²) in [4.78, 5) is 19.7. The molecule has 0 bridgehead atoms. The lowest BCUT2D eigenvalue weighted by atomic mass is 10.0.